The third-order valence-electron chi connectivity index (χ3n) is 8.55. The molecule has 3 heterocycles. The third kappa shape index (κ3) is 7.77. The summed E-state index contributed by atoms with van der Waals surface area (Å²) in [5.74, 6) is 0.110. The minimum absolute atomic E-state index is 0.103. The van der Waals surface area contributed by atoms with Gasteiger partial charge in [-0.15, -0.1) is 0 Å². The molecule has 1 unspecified atom stereocenters. The first kappa shape index (κ1) is 30.2. The number of nitrogens with one attached hydrogen (secondary N) is 3. The molecule has 0 radical (unpaired) electrons. The maximum atomic E-state index is 13.4. The Morgan fingerprint density at radius 2 is 1.77 bits per heavy atom. The lowest BCUT2D eigenvalue weighted by molar-refractivity contribution is 0.0909. The Morgan fingerprint density at radius 3 is 2.56 bits per heavy atom. The van der Waals surface area contributed by atoms with E-state index in [1.165, 1.54) is 17.5 Å². The van der Waals surface area contributed by atoms with E-state index < -0.39 is 0 Å². The summed E-state index contributed by atoms with van der Waals surface area (Å²) in [7, 11) is 0. The number of nitrogens with zero attached hydrogens (tertiary/aromatic N) is 2. The van der Waals surface area contributed by atoms with Crippen molar-refractivity contribution in [3.05, 3.63) is 83.3 Å². The van der Waals surface area contributed by atoms with Gasteiger partial charge in [-0.2, -0.15) is 0 Å². The van der Waals surface area contributed by atoms with Gasteiger partial charge < -0.3 is 30.2 Å². The van der Waals surface area contributed by atoms with Crippen molar-refractivity contribution in [2.45, 2.75) is 58.4 Å². The highest BCUT2D eigenvalue weighted by Crippen LogP contribution is 2.30. The van der Waals surface area contributed by atoms with E-state index in [0.29, 0.717) is 36.8 Å². The van der Waals surface area contributed by atoms with Crippen LogP contribution in [0.2, 0.25) is 0 Å². The van der Waals surface area contributed by atoms with Crippen molar-refractivity contribution >= 4 is 29.2 Å². The smallest absolute Gasteiger partial charge is 0.317 e. The normalized spacial score (nSPS) is 18.9. The number of amides is 4. The molecule has 228 valence electrons. The van der Waals surface area contributed by atoms with E-state index in [9.17, 15) is 14.4 Å². The molecule has 0 bridgehead atoms. The molecule has 2 atom stereocenters. The molecule has 2 fully saturated rings. The number of anilines is 2. The van der Waals surface area contributed by atoms with Crippen LogP contribution in [-0.4, -0.2) is 61.5 Å². The first-order valence-electron chi connectivity index (χ1n) is 15.5. The van der Waals surface area contributed by atoms with E-state index >= 15 is 0 Å². The summed E-state index contributed by atoms with van der Waals surface area (Å²) in [6.07, 6.45) is 7.16. The second-order valence-corrected chi connectivity index (χ2v) is 11.7. The number of piperidine rings is 1. The number of hydrogen-bond donors (Lipinski definition) is 3. The number of carbonyl (C=O) groups is 3. The molecule has 0 spiro atoms. The molecular formula is C34H43N5O4. The zero-order valence-electron chi connectivity index (χ0n) is 25.2. The van der Waals surface area contributed by atoms with Crippen LogP contribution in [0.1, 0.15) is 71.1 Å². The van der Waals surface area contributed by atoms with E-state index in [1.54, 1.807) is 23.1 Å². The molecular weight excluding hydrogens is 542 g/mol. The van der Waals surface area contributed by atoms with Crippen molar-refractivity contribution in [2.24, 2.45) is 5.92 Å². The lowest BCUT2D eigenvalue weighted by Gasteiger charge is -2.33. The molecule has 3 N–H and O–H groups in total. The van der Waals surface area contributed by atoms with Gasteiger partial charge in [-0.3, -0.25) is 9.59 Å². The maximum absolute atomic E-state index is 13.4. The second-order valence-electron chi connectivity index (χ2n) is 11.7. The Hall–Kier alpha value is -4.27. The Bertz CT molecular complexity index is 1410. The van der Waals surface area contributed by atoms with Crippen molar-refractivity contribution in [3.63, 3.8) is 0 Å². The van der Waals surface area contributed by atoms with Crippen LogP contribution in [0.25, 0.3) is 0 Å². The molecule has 9 heteroatoms. The van der Waals surface area contributed by atoms with Crippen LogP contribution >= 0.6 is 0 Å². The minimum Gasteiger partial charge on any atom is -0.459 e. The van der Waals surface area contributed by atoms with E-state index in [4.69, 9.17) is 4.42 Å². The Labute approximate surface area is 254 Å². The van der Waals surface area contributed by atoms with Gasteiger partial charge in [0.15, 0.2) is 5.76 Å². The number of likely N-dealkylation sites (tertiary alicyclic amines) is 1. The number of urea groups is 1. The highest BCUT2D eigenvalue weighted by atomic mass is 16.3. The van der Waals surface area contributed by atoms with Crippen LogP contribution in [-0.2, 0) is 6.42 Å². The number of benzene rings is 2. The molecule has 0 saturated carbocycles. The molecule has 3 aromatic rings. The van der Waals surface area contributed by atoms with Crippen molar-refractivity contribution in [1.29, 1.82) is 0 Å². The highest BCUT2D eigenvalue weighted by Gasteiger charge is 2.26. The number of furan rings is 1. The van der Waals surface area contributed by atoms with Gasteiger partial charge in [0.2, 0.25) is 0 Å². The molecule has 43 heavy (non-hydrogen) atoms. The molecule has 1 aromatic heterocycles. The van der Waals surface area contributed by atoms with E-state index in [2.05, 4.69) is 52.0 Å². The van der Waals surface area contributed by atoms with Crippen LogP contribution in [0.3, 0.4) is 0 Å². The number of para-hydroxylation sites is 1. The Kier molecular flexibility index (Phi) is 10.0. The van der Waals surface area contributed by atoms with E-state index in [0.717, 1.165) is 57.2 Å². The van der Waals surface area contributed by atoms with E-state index in [1.807, 2.05) is 19.1 Å². The van der Waals surface area contributed by atoms with Crippen LogP contribution < -0.4 is 20.9 Å². The average molecular weight is 586 g/mol. The molecule has 4 amide bonds. The fraction of sp³-hybridized carbons (Fsp3) is 0.441. The topological polar surface area (TPSA) is 107 Å². The molecule has 2 aromatic carbocycles. The molecule has 2 aliphatic heterocycles. The highest BCUT2D eigenvalue weighted by molar-refractivity contribution is 6.04. The molecule has 5 rings (SSSR count). The predicted molar refractivity (Wildman–Crippen MR) is 169 cm³/mol. The lowest BCUT2D eigenvalue weighted by Crippen LogP contribution is -2.52. The lowest BCUT2D eigenvalue weighted by atomic mass is 9.91. The Balaban J connectivity index is 1.29. The number of hydrogen-bond acceptors (Lipinski definition) is 5. The standard InChI is InChI=1S/C34H43N5O4/c1-3-35-34(42)39-18-7-11-28(23-39)36-32(40)27-15-14-26(29(22-27)37-33(41)31-13-8-20-43-31)21-25-10-6-17-38(19-16-25)30-12-5-4-9-24(30)2/h4-5,8-9,12-15,20,22,25,28H,3,6-7,10-11,16-19,21,23H2,1-2H3,(H,35,42)(H,36,40)(H,37,41)/t25?,28-/m1/s1. The summed E-state index contributed by atoms with van der Waals surface area (Å²) in [5, 5.41) is 8.96. The zero-order chi connectivity index (χ0) is 30.2. The molecule has 2 saturated heterocycles. The monoisotopic (exact) mass is 585 g/mol. The second kappa shape index (κ2) is 14.3. The predicted octanol–water partition coefficient (Wildman–Crippen LogP) is 5.61. The summed E-state index contributed by atoms with van der Waals surface area (Å²) in [6, 6.07) is 17.2. The number of aryl methyl sites for hydroxylation is 1. The van der Waals surface area contributed by atoms with Crippen molar-refractivity contribution in [2.75, 3.05) is 42.9 Å². The van der Waals surface area contributed by atoms with Crippen LogP contribution in [0.4, 0.5) is 16.2 Å². The Morgan fingerprint density at radius 1 is 0.930 bits per heavy atom. The minimum atomic E-state index is -0.347. The molecule has 9 nitrogen and oxygen atoms in total. The summed E-state index contributed by atoms with van der Waals surface area (Å²) >= 11 is 0. The molecule has 0 aliphatic carbocycles. The van der Waals surface area contributed by atoms with Gasteiger partial charge in [0.25, 0.3) is 11.8 Å². The van der Waals surface area contributed by atoms with Gasteiger partial charge in [-0.05, 0) is 99.7 Å². The van der Waals surface area contributed by atoms with Crippen LogP contribution in [0.5, 0.6) is 0 Å². The summed E-state index contributed by atoms with van der Waals surface area (Å²) in [5.41, 5.74) is 4.70. The summed E-state index contributed by atoms with van der Waals surface area (Å²) in [6.45, 7) is 7.79. The maximum Gasteiger partial charge on any atom is 0.317 e. The summed E-state index contributed by atoms with van der Waals surface area (Å²) < 4.78 is 5.33. The first-order valence-corrected chi connectivity index (χ1v) is 15.5. The van der Waals surface area contributed by atoms with Crippen molar-refractivity contribution in [1.82, 2.24) is 15.5 Å². The molecule has 2 aliphatic rings. The van der Waals surface area contributed by atoms with Gasteiger partial charge in [-0.1, -0.05) is 24.3 Å². The fourth-order valence-electron chi connectivity index (χ4n) is 6.25. The first-order chi connectivity index (χ1) is 20.9. The quantitative estimate of drug-likeness (QED) is 0.319. The van der Waals surface area contributed by atoms with E-state index in [-0.39, 0.29) is 29.6 Å². The van der Waals surface area contributed by atoms with Crippen molar-refractivity contribution < 1.29 is 18.8 Å². The average Bonchev–Trinajstić information content (AvgIpc) is 3.46. The van der Waals surface area contributed by atoms with Gasteiger partial charge in [0.05, 0.1) is 6.26 Å². The van der Waals surface area contributed by atoms with Gasteiger partial charge in [0.1, 0.15) is 0 Å². The SMILES string of the molecule is CCNC(=O)N1CCC[C@@H](NC(=O)c2ccc(CC3CCCN(c4ccccc4C)CC3)c(NC(=O)c3ccco3)c2)C1. The third-order valence-corrected chi connectivity index (χ3v) is 8.55. The fourth-order valence-corrected chi connectivity index (χ4v) is 6.25. The van der Waals surface area contributed by atoms with Gasteiger partial charge >= 0.3 is 6.03 Å². The van der Waals surface area contributed by atoms with Gasteiger partial charge in [-0.25, -0.2) is 4.79 Å². The van der Waals surface area contributed by atoms with Gasteiger partial charge in [0, 0.05) is 55.7 Å². The number of rotatable bonds is 8. The largest absolute Gasteiger partial charge is 0.459 e. The number of carbonyl (C=O) groups excluding carboxylic acids is 3. The van der Waals surface area contributed by atoms with Crippen LogP contribution in [0, 0.1) is 12.8 Å². The van der Waals surface area contributed by atoms with Crippen LogP contribution in [0.15, 0.2) is 65.3 Å². The summed E-state index contributed by atoms with van der Waals surface area (Å²) in [4.78, 5) is 42.9. The van der Waals surface area contributed by atoms with Crippen molar-refractivity contribution in [3.8, 4) is 0 Å². The zero-order valence-corrected chi connectivity index (χ0v) is 25.2.